The molecule has 2 aromatic carbocycles. The molecule has 0 amide bonds. The lowest BCUT2D eigenvalue weighted by Crippen LogP contribution is -2.51. The summed E-state index contributed by atoms with van der Waals surface area (Å²) in [6.45, 7) is 2.32. The van der Waals surface area contributed by atoms with Crippen molar-refractivity contribution in [3.8, 4) is 11.5 Å². The Morgan fingerprint density at radius 3 is 2.63 bits per heavy atom. The second-order valence-electron chi connectivity index (χ2n) is 7.64. The van der Waals surface area contributed by atoms with E-state index in [4.69, 9.17) is 9.47 Å². The number of aliphatic hydroxyl groups is 2. The quantitative estimate of drug-likeness (QED) is 0.867. The van der Waals surface area contributed by atoms with Gasteiger partial charge in [-0.1, -0.05) is 30.3 Å². The average Bonchev–Trinajstić information content (AvgIpc) is 2.70. The van der Waals surface area contributed by atoms with E-state index in [1.807, 2.05) is 48.5 Å². The van der Waals surface area contributed by atoms with Gasteiger partial charge in [-0.3, -0.25) is 0 Å². The Kier molecular flexibility index (Phi) is 5.08. The number of fused-ring (bicyclic) bond motifs is 1. The van der Waals surface area contributed by atoms with Gasteiger partial charge < -0.3 is 24.6 Å². The zero-order chi connectivity index (χ0) is 18.9. The fourth-order valence-corrected chi connectivity index (χ4v) is 4.22. The second-order valence-corrected chi connectivity index (χ2v) is 7.64. The maximum atomic E-state index is 10.7. The number of piperidine rings is 1. The van der Waals surface area contributed by atoms with Gasteiger partial charge >= 0.3 is 0 Å². The Hall–Kier alpha value is -2.08. The van der Waals surface area contributed by atoms with Crippen molar-refractivity contribution in [2.45, 2.75) is 37.1 Å². The molecule has 0 aliphatic carbocycles. The molecule has 1 spiro atoms. The molecule has 144 valence electrons. The number of hydrogen-bond acceptors (Lipinski definition) is 5. The topological polar surface area (TPSA) is 62.2 Å². The third kappa shape index (κ3) is 3.81. The standard InChI is InChI=1S/C22H27NO4/c1-26-17-7-8-21-18(13-17)19(24)14-22(27-21)9-11-23(12-10-22)15-20(25)16-5-3-2-4-6-16/h2-8,13,19-20,24-25H,9-12,14-15H2,1H3. The van der Waals surface area contributed by atoms with Gasteiger partial charge in [0.05, 0.1) is 19.3 Å². The Balaban J connectivity index is 1.40. The number of nitrogens with zero attached hydrogens (tertiary/aromatic N) is 1. The Bertz CT molecular complexity index is 771. The molecule has 0 aromatic heterocycles. The third-order valence-electron chi connectivity index (χ3n) is 5.85. The summed E-state index contributed by atoms with van der Waals surface area (Å²) in [5, 5.41) is 21.1. The highest BCUT2D eigenvalue weighted by Gasteiger charge is 2.43. The lowest BCUT2D eigenvalue weighted by Gasteiger charge is -2.46. The second kappa shape index (κ2) is 7.50. The van der Waals surface area contributed by atoms with Crippen LogP contribution in [0.4, 0.5) is 0 Å². The first-order valence-corrected chi connectivity index (χ1v) is 9.59. The van der Waals surface area contributed by atoms with Crippen molar-refractivity contribution >= 4 is 0 Å². The number of β-amino-alcohol motifs (C(OH)–C–C–N with tert-alkyl or cyclic N) is 1. The van der Waals surface area contributed by atoms with E-state index in [0.717, 1.165) is 48.6 Å². The van der Waals surface area contributed by atoms with Gasteiger partial charge in [0.2, 0.25) is 0 Å². The summed E-state index contributed by atoms with van der Waals surface area (Å²) >= 11 is 0. The number of ether oxygens (including phenoxy) is 2. The van der Waals surface area contributed by atoms with E-state index in [0.29, 0.717) is 13.0 Å². The van der Waals surface area contributed by atoms with Crippen LogP contribution in [0.25, 0.3) is 0 Å². The molecule has 5 heteroatoms. The van der Waals surface area contributed by atoms with Gasteiger partial charge in [0, 0.05) is 31.6 Å². The minimum absolute atomic E-state index is 0.324. The SMILES string of the molecule is COc1ccc2c(c1)C(O)CC1(CCN(CC(O)c3ccccc3)CC1)O2. The van der Waals surface area contributed by atoms with Crippen molar-refractivity contribution in [2.24, 2.45) is 0 Å². The molecule has 0 bridgehead atoms. The van der Waals surface area contributed by atoms with Crippen LogP contribution in [-0.2, 0) is 0 Å². The first kappa shape index (κ1) is 18.3. The van der Waals surface area contributed by atoms with Gasteiger partial charge in [-0.2, -0.15) is 0 Å². The molecule has 2 unspecified atom stereocenters. The summed E-state index contributed by atoms with van der Waals surface area (Å²) in [4.78, 5) is 2.28. The normalized spacial score (nSPS) is 22.7. The molecule has 0 radical (unpaired) electrons. The lowest BCUT2D eigenvalue weighted by atomic mass is 9.81. The van der Waals surface area contributed by atoms with E-state index >= 15 is 0 Å². The lowest BCUT2D eigenvalue weighted by molar-refractivity contribution is -0.0588. The maximum Gasteiger partial charge on any atom is 0.126 e. The minimum Gasteiger partial charge on any atom is -0.497 e. The Labute approximate surface area is 160 Å². The smallest absolute Gasteiger partial charge is 0.126 e. The van der Waals surface area contributed by atoms with Crippen LogP contribution in [-0.4, -0.2) is 47.5 Å². The molecule has 4 rings (SSSR count). The molecule has 2 aliphatic heterocycles. The van der Waals surface area contributed by atoms with Gasteiger partial charge in [-0.05, 0) is 36.6 Å². The number of methoxy groups -OCH3 is 1. The Morgan fingerprint density at radius 1 is 1.19 bits per heavy atom. The molecule has 27 heavy (non-hydrogen) atoms. The number of hydrogen-bond donors (Lipinski definition) is 2. The zero-order valence-electron chi connectivity index (χ0n) is 15.7. The summed E-state index contributed by atoms with van der Waals surface area (Å²) in [5.41, 5.74) is 1.43. The summed E-state index contributed by atoms with van der Waals surface area (Å²) < 4.78 is 11.6. The highest BCUT2D eigenvalue weighted by molar-refractivity contribution is 5.43. The van der Waals surface area contributed by atoms with E-state index in [1.54, 1.807) is 7.11 Å². The monoisotopic (exact) mass is 369 g/mol. The van der Waals surface area contributed by atoms with E-state index < -0.39 is 12.2 Å². The van der Waals surface area contributed by atoms with Crippen LogP contribution in [0.2, 0.25) is 0 Å². The summed E-state index contributed by atoms with van der Waals surface area (Å²) in [7, 11) is 1.62. The molecule has 0 saturated carbocycles. The fourth-order valence-electron chi connectivity index (χ4n) is 4.22. The molecule has 2 N–H and O–H groups in total. The van der Waals surface area contributed by atoms with E-state index in [9.17, 15) is 10.2 Å². The zero-order valence-corrected chi connectivity index (χ0v) is 15.7. The van der Waals surface area contributed by atoms with E-state index in [2.05, 4.69) is 4.90 Å². The predicted molar refractivity (Wildman–Crippen MR) is 103 cm³/mol. The molecule has 2 atom stereocenters. The van der Waals surface area contributed by atoms with Crippen LogP contribution in [0.1, 0.15) is 42.6 Å². The molecule has 1 saturated heterocycles. The van der Waals surface area contributed by atoms with Crippen LogP contribution in [0, 0.1) is 0 Å². The molecular weight excluding hydrogens is 342 g/mol. The number of aliphatic hydroxyl groups excluding tert-OH is 2. The van der Waals surface area contributed by atoms with Crippen LogP contribution in [0.3, 0.4) is 0 Å². The molecule has 2 aliphatic rings. The molecule has 5 nitrogen and oxygen atoms in total. The van der Waals surface area contributed by atoms with Crippen LogP contribution in [0.5, 0.6) is 11.5 Å². The molecular formula is C22H27NO4. The van der Waals surface area contributed by atoms with Gasteiger partial charge in [-0.15, -0.1) is 0 Å². The van der Waals surface area contributed by atoms with Crippen molar-refractivity contribution < 1.29 is 19.7 Å². The highest BCUT2D eigenvalue weighted by Crippen LogP contribution is 2.45. The summed E-state index contributed by atoms with van der Waals surface area (Å²) in [6, 6.07) is 15.4. The third-order valence-corrected chi connectivity index (χ3v) is 5.85. The van der Waals surface area contributed by atoms with E-state index in [-0.39, 0.29) is 5.60 Å². The molecule has 1 fully saturated rings. The van der Waals surface area contributed by atoms with Crippen molar-refractivity contribution in [1.29, 1.82) is 0 Å². The van der Waals surface area contributed by atoms with Gasteiger partial charge in [0.1, 0.15) is 17.1 Å². The maximum absolute atomic E-state index is 10.7. The first-order valence-electron chi connectivity index (χ1n) is 9.59. The van der Waals surface area contributed by atoms with Crippen LogP contribution >= 0.6 is 0 Å². The van der Waals surface area contributed by atoms with Crippen molar-refractivity contribution in [2.75, 3.05) is 26.7 Å². The average molecular weight is 369 g/mol. The van der Waals surface area contributed by atoms with Gasteiger partial charge in [0.15, 0.2) is 0 Å². The van der Waals surface area contributed by atoms with Crippen LogP contribution in [0.15, 0.2) is 48.5 Å². The number of likely N-dealkylation sites (tertiary alicyclic amines) is 1. The largest absolute Gasteiger partial charge is 0.497 e. The number of benzene rings is 2. The molecule has 2 aromatic rings. The summed E-state index contributed by atoms with van der Waals surface area (Å²) in [5.74, 6) is 1.49. The Morgan fingerprint density at radius 2 is 1.93 bits per heavy atom. The van der Waals surface area contributed by atoms with Gasteiger partial charge in [-0.25, -0.2) is 0 Å². The molecule has 2 heterocycles. The minimum atomic E-state index is -0.537. The van der Waals surface area contributed by atoms with E-state index in [1.165, 1.54) is 0 Å². The fraction of sp³-hybridized carbons (Fsp3) is 0.455. The summed E-state index contributed by atoms with van der Waals surface area (Å²) in [6.07, 6.45) is 1.27. The van der Waals surface area contributed by atoms with Gasteiger partial charge in [0.25, 0.3) is 0 Å². The first-order chi connectivity index (χ1) is 13.1. The number of rotatable bonds is 4. The predicted octanol–water partition coefficient (Wildman–Crippen LogP) is 3.08. The highest BCUT2D eigenvalue weighted by atomic mass is 16.5. The van der Waals surface area contributed by atoms with Crippen molar-refractivity contribution in [3.05, 3.63) is 59.7 Å². The van der Waals surface area contributed by atoms with Crippen molar-refractivity contribution in [3.63, 3.8) is 0 Å². The van der Waals surface area contributed by atoms with Crippen LogP contribution < -0.4 is 9.47 Å². The van der Waals surface area contributed by atoms with Crippen molar-refractivity contribution in [1.82, 2.24) is 4.90 Å².